The number of benzene rings is 2. The van der Waals surface area contributed by atoms with Crippen LogP contribution in [-0.4, -0.2) is 0 Å². The lowest BCUT2D eigenvalue weighted by molar-refractivity contribution is 0.572. The van der Waals surface area contributed by atoms with Crippen LogP contribution in [0.2, 0.25) is 0 Å². The summed E-state index contributed by atoms with van der Waals surface area (Å²) in [6.07, 6.45) is 0.458. The van der Waals surface area contributed by atoms with Gasteiger partial charge in [0.15, 0.2) is 0 Å². The fourth-order valence-corrected chi connectivity index (χ4v) is 2.41. The quantitative estimate of drug-likeness (QED) is 0.895. The molecule has 0 radical (unpaired) electrons. The Balaban J connectivity index is 2.23. The second-order valence-corrected chi connectivity index (χ2v) is 5.39. The Morgan fingerprint density at radius 2 is 1.95 bits per heavy atom. The standard InChI is InChI=1S/C15H14BrF2N/c1-9-3-2-4-11(15(9)18)14(19)8-10-5-6-13(17)12(16)7-10/h2-7,14H,8,19H2,1H3. The molecule has 0 bridgehead atoms. The molecule has 19 heavy (non-hydrogen) atoms. The summed E-state index contributed by atoms with van der Waals surface area (Å²) in [6, 6.07) is 9.44. The van der Waals surface area contributed by atoms with Crippen LogP contribution in [0.5, 0.6) is 0 Å². The van der Waals surface area contributed by atoms with E-state index in [2.05, 4.69) is 15.9 Å². The highest BCUT2D eigenvalue weighted by molar-refractivity contribution is 9.10. The molecule has 0 heterocycles. The zero-order valence-electron chi connectivity index (χ0n) is 10.5. The van der Waals surface area contributed by atoms with Gasteiger partial charge in [0, 0.05) is 11.6 Å². The zero-order valence-corrected chi connectivity index (χ0v) is 12.0. The maximum absolute atomic E-state index is 13.9. The summed E-state index contributed by atoms with van der Waals surface area (Å²) in [5.41, 5.74) is 7.96. The molecule has 2 aromatic rings. The van der Waals surface area contributed by atoms with Crippen molar-refractivity contribution in [3.8, 4) is 0 Å². The molecule has 0 amide bonds. The van der Waals surface area contributed by atoms with Crippen LogP contribution in [0, 0.1) is 18.6 Å². The molecule has 1 atom stereocenters. The van der Waals surface area contributed by atoms with Crippen LogP contribution in [0.4, 0.5) is 8.78 Å². The first kappa shape index (κ1) is 14.2. The van der Waals surface area contributed by atoms with Gasteiger partial charge >= 0.3 is 0 Å². The molecule has 0 aliphatic rings. The molecule has 0 saturated heterocycles. The third kappa shape index (κ3) is 3.19. The van der Waals surface area contributed by atoms with Crippen LogP contribution >= 0.6 is 15.9 Å². The lowest BCUT2D eigenvalue weighted by Gasteiger charge is -2.14. The van der Waals surface area contributed by atoms with E-state index in [1.165, 1.54) is 6.07 Å². The van der Waals surface area contributed by atoms with Gasteiger partial charge in [-0.05, 0) is 52.5 Å². The third-order valence-corrected chi connectivity index (χ3v) is 3.67. The highest BCUT2D eigenvalue weighted by atomic mass is 79.9. The van der Waals surface area contributed by atoms with Crippen molar-refractivity contribution in [3.63, 3.8) is 0 Å². The Hall–Kier alpha value is -1.26. The smallest absolute Gasteiger partial charge is 0.137 e. The van der Waals surface area contributed by atoms with Gasteiger partial charge < -0.3 is 5.73 Å². The highest BCUT2D eigenvalue weighted by Crippen LogP contribution is 2.23. The zero-order chi connectivity index (χ0) is 14.0. The van der Waals surface area contributed by atoms with Gasteiger partial charge in [-0.1, -0.05) is 24.3 Å². The molecular weight excluding hydrogens is 312 g/mol. The van der Waals surface area contributed by atoms with Crippen molar-refractivity contribution in [2.45, 2.75) is 19.4 Å². The summed E-state index contributed by atoms with van der Waals surface area (Å²) >= 11 is 3.13. The first-order valence-corrected chi connectivity index (χ1v) is 6.73. The highest BCUT2D eigenvalue weighted by Gasteiger charge is 2.14. The molecule has 100 valence electrons. The number of rotatable bonds is 3. The Labute approximate surface area is 119 Å². The average molecular weight is 326 g/mol. The van der Waals surface area contributed by atoms with Crippen molar-refractivity contribution in [2.24, 2.45) is 5.73 Å². The van der Waals surface area contributed by atoms with Gasteiger partial charge in [0.1, 0.15) is 11.6 Å². The van der Waals surface area contributed by atoms with E-state index < -0.39 is 6.04 Å². The van der Waals surface area contributed by atoms with Crippen LogP contribution in [0.25, 0.3) is 0 Å². The summed E-state index contributed by atoms with van der Waals surface area (Å²) in [6.45, 7) is 1.71. The van der Waals surface area contributed by atoms with Crippen LogP contribution < -0.4 is 5.73 Å². The van der Waals surface area contributed by atoms with Crippen LogP contribution in [0.15, 0.2) is 40.9 Å². The van der Waals surface area contributed by atoms with E-state index in [0.717, 1.165) is 5.56 Å². The normalized spacial score (nSPS) is 12.5. The molecule has 0 aliphatic carbocycles. The van der Waals surface area contributed by atoms with Crippen molar-refractivity contribution >= 4 is 15.9 Å². The van der Waals surface area contributed by atoms with Crippen LogP contribution in [0.3, 0.4) is 0 Å². The minimum absolute atomic E-state index is 0.267. The van der Waals surface area contributed by atoms with Crippen molar-refractivity contribution in [1.82, 2.24) is 0 Å². The average Bonchev–Trinajstić information content (AvgIpc) is 2.37. The summed E-state index contributed by atoms with van der Waals surface area (Å²) in [7, 11) is 0. The van der Waals surface area contributed by atoms with Gasteiger partial charge in [-0.25, -0.2) is 8.78 Å². The molecule has 2 N–H and O–H groups in total. The lowest BCUT2D eigenvalue weighted by Crippen LogP contribution is -2.15. The van der Waals surface area contributed by atoms with E-state index in [-0.39, 0.29) is 11.6 Å². The van der Waals surface area contributed by atoms with Gasteiger partial charge in [0.05, 0.1) is 4.47 Å². The summed E-state index contributed by atoms with van der Waals surface area (Å²) in [5, 5.41) is 0. The maximum Gasteiger partial charge on any atom is 0.137 e. The Morgan fingerprint density at radius 1 is 1.21 bits per heavy atom. The van der Waals surface area contributed by atoms with Gasteiger partial charge in [0.25, 0.3) is 0 Å². The molecular formula is C15H14BrF2N. The first-order valence-electron chi connectivity index (χ1n) is 5.93. The third-order valence-electron chi connectivity index (χ3n) is 3.06. The Bertz CT molecular complexity index is 599. The number of aryl methyl sites for hydroxylation is 1. The predicted molar refractivity (Wildman–Crippen MR) is 75.9 cm³/mol. The van der Waals surface area contributed by atoms with Crippen molar-refractivity contribution in [2.75, 3.05) is 0 Å². The van der Waals surface area contributed by atoms with Crippen molar-refractivity contribution in [3.05, 3.63) is 69.2 Å². The predicted octanol–water partition coefficient (Wildman–Crippen LogP) is 4.28. The summed E-state index contributed by atoms with van der Waals surface area (Å²) in [5.74, 6) is -0.588. The maximum atomic E-state index is 13.9. The van der Waals surface area contributed by atoms with Crippen LogP contribution in [0.1, 0.15) is 22.7 Å². The van der Waals surface area contributed by atoms with Crippen molar-refractivity contribution < 1.29 is 8.78 Å². The number of nitrogens with two attached hydrogens (primary N) is 1. The minimum atomic E-state index is -0.447. The second-order valence-electron chi connectivity index (χ2n) is 4.54. The molecule has 4 heteroatoms. The first-order chi connectivity index (χ1) is 8.99. The van der Waals surface area contributed by atoms with E-state index in [4.69, 9.17) is 5.73 Å². The van der Waals surface area contributed by atoms with Crippen LogP contribution in [-0.2, 0) is 6.42 Å². The van der Waals surface area contributed by atoms with E-state index in [1.807, 2.05) is 0 Å². The lowest BCUT2D eigenvalue weighted by atomic mass is 9.98. The fraction of sp³-hybridized carbons (Fsp3) is 0.200. The SMILES string of the molecule is Cc1cccc(C(N)Cc2ccc(F)c(Br)c2)c1F. The Morgan fingerprint density at radius 3 is 2.63 bits per heavy atom. The largest absolute Gasteiger partial charge is 0.324 e. The Kier molecular flexibility index (Phi) is 4.32. The monoisotopic (exact) mass is 325 g/mol. The molecule has 0 aliphatic heterocycles. The molecule has 0 saturated carbocycles. The minimum Gasteiger partial charge on any atom is -0.324 e. The van der Waals surface area contributed by atoms with Gasteiger partial charge in [-0.2, -0.15) is 0 Å². The van der Waals surface area contributed by atoms with E-state index in [0.29, 0.717) is 22.0 Å². The van der Waals surface area contributed by atoms with Gasteiger partial charge in [-0.3, -0.25) is 0 Å². The molecule has 0 aromatic heterocycles. The molecule has 1 unspecified atom stereocenters. The van der Waals surface area contributed by atoms with Crippen molar-refractivity contribution in [1.29, 1.82) is 0 Å². The summed E-state index contributed by atoms with van der Waals surface area (Å²) < 4.78 is 27.5. The van der Waals surface area contributed by atoms with Gasteiger partial charge in [-0.15, -0.1) is 0 Å². The fourth-order valence-electron chi connectivity index (χ4n) is 1.99. The number of hydrogen-bond donors (Lipinski definition) is 1. The van der Waals surface area contributed by atoms with E-state index >= 15 is 0 Å². The van der Waals surface area contributed by atoms with E-state index in [9.17, 15) is 8.78 Å². The molecule has 0 spiro atoms. The number of halogens is 3. The molecule has 2 aromatic carbocycles. The molecule has 0 fully saturated rings. The second kappa shape index (κ2) is 5.80. The van der Waals surface area contributed by atoms with E-state index in [1.54, 1.807) is 37.3 Å². The molecule has 2 rings (SSSR count). The topological polar surface area (TPSA) is 26.0 Å². The molecule has 1 nitrogen and oxygen atoms in total. The number of hydrogen-bond acceptors (Lipinski definition) is 1. The van der Waals surface area contributed by atoms with Gasteiger partial charge in [0.2, 0.25) is 0 Å². The summed E-state index contributed by atoms with van der Waals surface area (Å²) in [4.78, 5) is 0.